The Kier molecular flexibility index (Phi) is 5.20. The van der Waals surface area contributed by atoms with Gasteiger partial charge in [0.1, 0.15) is 6.04 Å². The third-order valence-electron chi connectivity index (χ3n) is 3.92. The SMILES string of the molecule is CCc1cc(CC(N)C(=O)O)cc(C)c1N1CCOCC1. The summed E-state index contributed by atoms with van der Waals surface area (Å²) in [6.45, 7) is 7.53. The van der Waals surface area contributed by atoms with Crippen molar-refractivity contribution in [2.75, 3.05) is 31.2 Å². The molecule has 1 aromatic carbocycles. The van der Waals surface area contributed by atoms with Gasteiger partial charge in [-0.25, -0.2) is 0 Å². The smallest absolute Gasteiger partial charge is 0.320 e. The summed E-state index contributed by atoms with van der Waals surface area (Å²) in [7, 11) is 0. The van der Waals surface area contributed by atoms with Crippen molar-refractivity contribution >= 4 is 11.7 Å². The number of rotatable bonds is 5. The summed E-state index contributed by atoms with van der Waals surface area (Å²) in [5.41, 5.74) is 10.4. The van der Waals surface area contributed by atoms with E-state index in [1.165, 1.54) is 16.8 Å². The van der Waals surface area contributed by atoms with E-state index in [0.717, 1.165) is 38.3 Å². The van der Waals surface area contributed by atoms with Gasteiger partial charge < -0.3 is 20.5 Å². The minimum absolute atomic E-state index is 0.368. The first-order valence-electron chi connectivity index (χ1n) is 7.46. The standard InChI is InChI=1S/C16H24N2O3/c1-3-13-9-12(10-14(17)16(19)20)8-11(2)15(13)18-4-6-21-7-5-18/h8-9,14H,3-7,10,17H2,1-2H3,(H,19,20). The number of hydrogen-bond donors (Lipinski definition) is 2. The number of benzene rings is 1. The normalized spacial score (nSPS) is 16.8. The molecule has 2 rings (SSSR count). The van der Waals surface area contributed by atoms with Crippen molar-refractivity contribution in [2.45, 2.75) is 32.7 Å². The first-order chi connectivity index (χ1) is 10.0. The van der Waals surface area contributed by atoms with Gasteiger partial charge in [0.05, 0.1) is 13.2 Å². The Morgan fingerprint density at radius 3 is 2.67 bits per heavy atom. The van der Waals surface area contributed by atoms with Crippen molar-refractivity contribution in [3.63, 3.8) is 0 Å². The minimum Gasteiger partial charge on any atom is -0.480 e. The lowest BCUT2D eigenvalue weighted by Crippen LogP contribution is -2.37. The molecule has 1 aliphatic rings. The number of aryl methyl sites for hydroxylation is 2. The summed E-state index contributed by atoms with van der Waals surface area (Å²) >= 11 is 0. The molecule has 0 aliphatic carbocycles. The van der Waals surface area contributed by atoms with Crippen LogP contribution in [0.3, 0.4) is 0 Å². The van der Waals surface area contributed by atoms with Crippen molar-refractivity contribution in [2.24, 2.45) is 5.73 Å². The van der Waals surface area contributed by atoms with Gasteiger partial charge in [-0.1, -0.05) is 19.1 Å². The molecule has 0 bridgehead atoms. The second-order valence-electron chi connectivity index (χ2n) is 5.52. The Labute approximate surface area is 125 Å². The first kappa shape index (κ1) is 15.8. The van der Waals surface area contributed by atoms with Gasteiger partial charge in [-0.15, -0.1) is 0 Å². The van der Waals surface area contributed by atoms with Crippen LogP contribution in [0.15, 0.2) is 12.1 Å². The average Bonchev–Trinajstić information content (AvgIpc) is 2.47. The van der Waals surface area contributed by atoms with Crippen LogP contribution in [0.1, 0.15) is 23.6 Å². The van der Waals surface area contributed by atoms with Crippen LogP contribution in [-0.4, -0.2) is 43.4 Å². The summed E-state index contributed by atoms with van der Waals surface area (Å²) in [5, 5.41) is 8.95. The monoisotopic (exact) mass is 292 g/mol. The van der Waals surface area contributed by atoms with Crippen LogP contribution in [0.25, 0.3) is 0 Å². The largest absolute Gasteiger partial charge is 0.480 e. The fourth-order valence-corrected chi connectivity index (χ4v) is 2.90. The second-order valence-corrected chi connectivity index (χ2v) is 5.52. The molecule has 3 N–H and O–H groups in total. The molecule has 0 amide bonds. The highest BCUT2D eigenvalue weighted by Gasteiger charge is 2.19. The molecular weight excluding hydrogens is 268 g/mol. The lowest BCUT2D eigenvalue weighted by molar-refractivity contribution is -0.138. The summed E-state index contributed by atoms with van der Waals surface area (Å²) in [4.78, 5) is 13.3. The number of aliphatic carboxylic acids is 1. The van der Waals surface area contributed by atoms with Gasteiger partial charge in [-0.05, 0) is 36.5 Å². The Bertz CT molecular complexity index is 510. The van der Waals surface area contributed by atoms with Gasteiger partial charge in [0.15, 0.2) is 0 Å². The van der Waals surface area contributed by atoms with Gasteiger partial charge >= 0.3 is 5.97 Å². The fourth-order valence-electron chi connectivity index (χ4n) is 2.90. The van der Waals surface area contributed by atoms with Gasteiger partial charge in [0.25, 0.3) is 0 Å². The van der Waals surface area contributed by atoms with Crippen LogP contribution in [0.4, 0.5) is 5.69 Å². The maximum Gasteiger partial charge on any atom is 0.320 e. The third kappa shape index (κ3) is 3.74. The van der Waals surface area contributed by atoms with Crippen molar-refractivity contribution in [1.82, 2.24) is 0 Å². The Balaban J connectivity index is 2.28. The molecular formula is C16H24N2O3. The van der Waals surface area contributed by atoms with Crippen LogP contribution in [-0.2, 0) is 22.4 Å². The number of carboxylic acid groups (broad SMARTS) is 1. The maximum atomic E-state index is 10.9. The van der Waals surface area contributed by atoms with E-state index in [0.29, 0.717) is 6.42 Å². The minimum atomic E-state index is -0.956. The van der Waals surface area contributed by atoms with Crippen molar-refractivity contribution in [3.05, 3.63) is 28.8 Å². The van der Waals surface area contributed by atoms with Crippen LogP contribution in [0.2, 0.25) is 0 Å². The Hall–Kier alpha value is -1.59. The molecule has 1 aliphatic heterocycles. The molecule has 1 heterocycles. The number of ether oxygens (including phenoxy) is 1. The number of hydrogen-bond acceptors (Lipinski definition) is 4. The predicted octanol–water partition coefficient (Wildman–Crippen LogP) is 1.35. The number of morpholine rings is 1. The quantitative estimate of drug-likeness (QED) is 0.856. The van der Waals surface area contributed by atoms with Gasteiger partial charge in [0.2, 0.25) is 0 Å². The molecule has 0 spiro atoms. The highest BCUT2D eigenvalue weighted by Crippen LogP contribution is 2.28. The number of carboxylic acids is 1. The molecule has 1 fully saturated rings. The van der Waals surface area contributed by atoms with Crippen LogP contribution in [0, 0.1) is 6.92 Å². The van der Waals surface area contributed by atoms with Crippen molar-refractivity contribution in [1.29, 1.82) is 0 Å². The van der Waals surface area contributed by atoms with E-state index in [4.69, 9.17) is 15.6 Å². The highest BCUT2D eigenvalue weighted by atomic mass is 16.5. The van der Waals surface area contributed by atoms with E-state index in [1.807, 2.05) is 0 Å². The molecule has 1 atom stereocenters. The number of nitrogens with two attached hydrogens (primary N) is 1. The van der Waals surface area contributed by atoms with Crippen LogP contribution < -0.4 is 10.6 Å². The number of carbonyl (C=O) groups is 1. The molecule has 5 heteroatoms. The molecule has 1 unspecified atom stereocenters. The zero-order chi connectivity index (χ0) is 15.4. The second kappa shape index (κ2) is 6.91. The summed E-state index contributed by atoms with van der Waals surface area (Å²) < 4.78 is 5.41. The predicted molar refractivity (Wildman–Crippen MR) is 82.9 cm³/mol. The molecule has 0 radical (unpaired) electrons. The van der Waals surface area contributed by atoms with E-state index in [9.17, 15) is 4.79 Å². The van der Waals surface area contributed by atoms with E-state index >= 15 is 0 Å². The first-order valence-corrected chi connectivity index (χ1v) is 7.46. The maximum absolute atomic E-state index is 10.9. The van der Waals surface area contributed by atoms with Crippen molar-refractivity contribution in [3.8, 4) is 0 Å². The Morgan fingerprint density at radius 1 is 1.43 bits per heavy atom. The zero-order valence-electron chi connectivity index (χ0n) is 12.8. The molecule has 5 nitrogen and oxygen atoms in total. The third-order valence-corrected chi connectivity index (χ3v) is 3.92. The van der Waals surface area contributed by atoms with Gasteiger partial charge in [0, 0.05) is 18.8 Å². The summed E-state index contributed by atoms with van der Waals surface area (Å²) in [5.74, 6) is -0.956. The molecule has 21 heavy (non-hydrogen) atoms. The number of anilines is 1. The molecule has 1 aromatic rings. The van der Waals surface area contributed by atoms with E-state index in [-0.39, 0.29) is 0 Å². The lowest BCUT2D eigenvalue weighted by Gasteiger charge is -2.32. The van der Waals surface area contributed by atoms with Crippen LogP contribution in [0.5, 0.6) is 0 Å². The van der Waals surface area contributed by atoms with Gasteiger partial charge in [-0.2, -0.15) is 0 Å². The lowest BCUT2D eigenvalue weighted by atomic mass is 9.96. The van der Waals surface area contributed by atoms with E-state index < -0.39 is 12.0 Å². The summed E-state index contributed by atoms with van der Waals surface area (Å²) in [6.07, 6.45) is 1.29. The van der Waals surface area contributed by atoms with Gasteiger partial charge in [-0.3, -0.25) is 4.79 Å². The summed E-state index contributed by atoms with van der Waals surface area (Å²) in [6, 6.07) is 3.32. The fraction of sp³-hybridized carbons (Fsp3) is 0.562. The van der Waals surface area contributed by atoms with E-state index in [2.05, 4.69) is 30.9 Å². The molecule has 0 saturated carbocycles. The number of nitrogens with zero attached hydrogens (tertiary/aromatic N) is 1. The molecule has 0 aromatic heterocycles. The Morgan fingerprint density at radius 2 is 2.10 bits per heavy atom. The zero-order valence-corrected chi connectivity index (χ0v) is 12.8. The van der Waals surface area contributed by atoms with E-state index in [1.54, 1.807) is 0 Å². The highest BCUT2D eigenvalue weighted by molar-refractivity contribution is 5.73. The van der Waals surface area contributed by atoms with Crippen molar-refractivity contribution < 1.29 is 14.6 Å². The topological polar surface area (TPSA) is 75.8 Å². The molecule has 1 saturated heterocycles. The molecule has 116 valence electrons. The van der Waals surface area contributed by atoms with Crippen LogP contribution >= 0.6 is 0 Å². The average molecular weight is 292 g/mol.